The SMILES string of the molecule is CCOCCC(c1sc2ccccc2[n+]1CCCCS(=O)(=O)O)=c1sc(=C(C=C2Sc3cc(C)c(OCC)cc3N2CCCCS(=O)(=O)O)c2ccccc2)c(=O)n1CC. The largest absolute Gasteiger partial charge is 0.494 e. The van der Waals surface area contributed by atoms with Gasteiger partial charge in [-0.3, -0.25) is 18.5 Å². The molecule has 17 heteroatoms. The van der Waals surface area contributed by atoms with Gasteiger partial charge in [0.05, 0.1) is 41.0 Å². The van der Waals surface area contributed by atoms with E-state index in [1.54, 1.807) is 23.1 Å². The summed E-state index contributed by atoms with van der Waals surface area (Å²) in [5, 5.41) is 1.82. The highest BCUT2D eigenvalue weighted by Crippen LogP contribution is 2.49. The van der Waals surface area contributed by atoms with Crippen LogP contribution >= 0.6 is 34.4 Å². The van der Waals surface area contributed by atoms with E-state index in [1.165, 1.54) is 11.3 Å². The molecule has 322 valence electrons. The van der Waals surface area contributed by atoms with Gasteiger partial charge in [0.1, 0.15) is 19.6 Å². The zero-order valence-corrected chi connectivity index (χ0v) is 38.3. The smallest absolute Gasteiger partial charge is 0.269 e. The molecule has 1 aliphatic rings. The predicted octanol–water partition coefficient (Wildman–Crippen LogP) is 6.75. The minimum atomic E-state index is -4.11. The highest BCUT2D eigenvalue weighted by molar-refractivity contribution is 8.03. The monoisotopic (exact) mass is 914 g/mol. The number of thioether (sulfide) groups is 1. The lowest BCUT2D eigenvalue weighted by atomic mass is 10.1. The molecule has 60 heavy (non-hydrogen) atoms. The lowest BCUT2D eigenvalue weighted by Gasteiger charge is -2.22. The summed E-state index contributed by atoms with van der Waals surface area (Å²) in [4.78, 5) is 18.0. The van der Waals surface area contributed by atoms with Gasteiger partial charge in [0.2, 0.25) is 5.52 Å². The second kappa shape index (κ2) is 20.4. The van der Waals surface area contributed by atoms with Crippen molar-refractivity contribution in [3.8, 4) is 5.75 Å². The van der Waals surface area contributed by atoms with E-state index in [-0.39, 0.29) is 23.5 Å². The Kier molecular flexibility index (Phi) is 15.5. The Morgan fingerprint density at radius 3 is 2.25 bits per heavy atom. The Morgan fingerprint density at radius 2 is 1.57 bits per heavy atom. The van der Waals surface area contributed by atoms with Crippen LogP contribution in [0.25, 0.3) is 21.4 Å². The maximum atomic E-state index is 14.9. The number of nitrogens with zero attached hydrogens (tertiary/aromatic N) is 3. The minimum absolute atomic E-state index is 0.127. The normalized spacial score (nSPS) is 14.9. The molecule has 0 saturated heterocycles. The van der Waals surface area contributed by atoms with Gasteiger partial charge in [0.15, 0.2) is 6.54 Å². The van der Waals surface area contributed by atoms with Crippen molar-refractivity contribution < 1.29 is 40.0 Å². The number of anilines is 1. The molecule has 0 fully saturated rings. The minimum Gasteiger partial charge on any atom is -0.494 e. The van der Waals surface area contributed by atoms with Crippen LogP contribution in [0.4, 0.5) is 5.69 Å². The third-order valence-electron chi connectivity index (χ3n) is 10.0. The molecule has 0 bridgehead atoms. The molecule has 3 aromatic carbocycles. The Labute approximate surface area is 364 Å². The lowest BCUT2D eigenvalue weighted by Crippen LogP contribution is -2.38. The first kappa shape index (κ1) is 45.7. The van der Waals surface area contributed by atoms with Crippen molar-refractivity contribution in [1.29, 1.82) is 0 Å². The van der Waals surface area contributed by atoms with Crippen LogP contribution in [0.3, 0.4) is 0 Å². The van der Waals surface area contributed by atoms with Crippen molar-refractivity contribution >= 4 is 81.7 Å². The molecule has 0 saturated carbocycles. The van der Waals surface area contributed by atoms with Gasteiger partial charge < -0.3 is 14.4 Å². The number of hydrogen-bond donors (Lipinski definition) is 2. The molecule has 0 spiro atoms. The zero-order chi connectivity index (χ0) is 43.0. The van der Waals surface area contributed by atoms with Gasteiger partial charge in [0.25, 0.3) is 30.8 Å². The number of aryl methyl sites for hydroxylation is 2. The van der Waals surface area contributed by atoms with E-state index in [9.17, 15) is 30.7 Å². The predicted molar refractivity (Wildman–Crippen MR) is 243 cm³/mol. The summed E-state index contributed by atoms with van der Waals surface area (Å²) in [5.74, 6) is 0.108. The van der Waals surface area contributed by atoms with Crippen molar-refractivity contribution in [2.45, 2.75) is 77.8 Å². The molecule has 0 atom stereocenters. The van der Waals surface area contributed by atoms with Gasteiger partial charge in [-0.2, -0.15) is 21.4 Å². The standard InChI is InChI=1S/C43H51N3O9S5/c1-5-44-41(47)40(58-42(44)32(21-24-54-6-2)43-46(23-14-16-26-60(51,52)53)34-19-11-12-20-37(34)57-43)33(31-17-9-8-10-18-31)28-39-45(22-13-15-25-59(48,49)50)35-29-36(55-7-3)30(4)27-38(35)56-39/h8-12,17-20,27-29H,5-7,13-16,21-26H2,1-4H3,(H-,48,49,50,51,52,53)/p+1. The highest BCUT2D eigenvalue weighted by Gasteiger charge is 2.29. The van der Waals surface area contributed by atoms with Gasteiger partial charge in [-0.15, -0.1) is 11.3 Å². The van der Waals surface area contributed by atoms with Gasteiger partial charge in [-0.1, -0.05) is 65.6 Å². The summed E-state index contributed by atoms with van der Waals surface area (Å²) in [5.41, 5.74) is 5.35. The Bertz CT molecular complexity index is 2760. The van der Waals surface area contributed by atoms with Gasteiger partial charge in [-0.05, 0) is 76.3 Å². The number of ether oxygens (including phenoxy) is 2. The van der Waals surface area contributed by atoms with E-state index < -0.39 is 20.2 Å². The quantitative estimate of drug-likeness (QED) is 0.0484. The number of unbranched alkanes of at least 4 members (excludes halogenated alkanes) is 2. The van der Waals surface area contributed by atoms with Crippen molar-refractivity contribution in [1.82, 2.24) is 4.57 Å². The van der Waals surface area contributed by atoms with Crippen LogP contribution in [0.15, 0.2) is 87.5 Å². The number of benzene rings is 3. The summed E-state index contributed by atoms with van der Waals surface area (Å²) in [6, 6.07) is 22.0. The number of hydrogen-bond acceptors (Lipinski definition) is 11. The summed E-state index contributed by atoms with van der Waals surface area (Å²) in [6.45, 7) is 10.7. The second-order valence-electron chi connectivity index (χ2n) is 14.3. The highest BCUT2D eigenvalue weighted by atomic mass is 32.2. The molecule has 3 heterocycles. The first-order valence-electron chi connectivity index (χ1n) is 20.1. The molecule has 2 N–H and O–H groups in total. The summed E-state index contributed by atoms with van der Waals surface area (Å²) in [7, 11) is -8.20. The third kappa shape index (κ3) is 11.2. The zero-order valence-electron chi connectivity index (χ0n) is 34.3. The molecule has 5 aromatic rings. The number of rotatable bonds is 20. The van der Waals surface area contributed by atoms with E-state index in [0.717, 1.165) is 63.5 Å². The van der Waals surface area contributed by atoms with E-state index in [1.807, 2.05) is 86.9 Å². The maximum Gasteiger partial charge on any atom is 0.269 e. The number of para-hydroxylation sites is 1. The Hall–Kier alpha value is -3.81. The fourth-order valence-electron chi connectivity index (χ4n) is 7.21. The maximum absolute atomic E-state index is 14.9. The molecule has 0 unspecified atom stereocenters. The van der Waals surface area contributed by atoms with Crippen LogP contribution in [0.1, 0.15) is 69.0 Å². The Balaban J connectivity index is 1.59. The van der Waals surface area contributed by atoms with Gasteiger partial charge in [0, 0.05) is 55.1 Å². The first-order chi connectivity index (χ1) is 28.7. The summed E-state index contributed by atoms with van der Waals surface area (Å²) in [6.07, 6.45) is 4.16. The molecule has 2 aromatic heterocycles. The number of fused-ring (bicyclic) bond motifs is 2. The van der Waals surface area contributed by atoms with Crippen LogP contribution in [0.2, 0.25) is 0 Å². The second-order valence-corrected chi connectivity index (χ2v) is 20.5. The van der Waals surface area contributed by atoms with Crippen LogP contribution in [0, 0.1) is 6.92 Å². The fraction of sp³-hybridized carbons (Fsp3) is 0.395. The topological polar surface area (TPSA) is 156 Å². The average Bonchev–Trinajstić information content (AvgIpc) is 3.85. The van der Waals surface area contributed by atoms with E-state index in [0.29, 0.717) is 69.7 Å². The van der Waals surface area contributed by atoms with Crippen molar-refractivity contribution in [2.24, 2.45) is 0 Å². The molecular weight excluding hydrogens is 863 g/mol. The first-order valence-corrected chi connectivity index (χ1v) is 25.8. The Morgan fingerprint density at radius 1 is 0.867 bits per heavy atom. The molecule has 0 radical (unpaired) electrons. The van der Waals surface area contributed by atoms with Crippen LogP contribution in [-0.4, -0.2) is 68.4 Å². The molecule has 12 nitrogen and oxygen atoms in total. The third-order valence-corrected chi connectivity index (χ3v) is 15.2. The molecule has 0 amide bonds. The fourth-order valence-corrected chi connectivity index (χ4v) is 12.2. The van der Waals surface area contributed by atoms with Crippen molar-refractivity contribution in [3.05, 3.63) is 114 Å². The van der Waals surface area contributed by atoms with Gasteiger partial charge >= 0.3 is 0 Å². The summed E-state index contributed by atoms with van der Waals surface area (Å²) >= 11 is 4.65. The van der Waals surface area contributed by atoms with E-state index in [2.05, 4.69) is 27.7 Å². The van der Waals surface area contributed by atoms with Crippen LogP contribution < -0.4 is 29.0 Å². The molecular formula is C43H52N3O9S5+. The number of aromatic nitrogens is 2. The molecule has 1 aliphatic heterocycles. The average molecular weight is 915 g/mol. The number of thiazole rings is 2. The van der Waals surface area contributed by atoms with E-state index in [4.69, 9.17) is 9.47 Å². The van der Waals surface area contributed by atoms with Crippen LogP contribution in [-0.2, 0) is 38.1 Å². The lowest BCUT2D eigenvalue weighted by molar-refractivity contribution is -0.669. The van der Waals surface area contributed by atoms with Crippen molar-refractivity contribution in [3.63, 3.8) is 0 Å². The summed E-state index contributed by atoms with van der Waals surface area (Å²) < 4.78 is 83.5. The van der Waals surface area contributed by atoms with Gasteiger partial charge in [-0.25, -0.2) is 0 Å². The molecule has 0 aliphatic carbocycles. The number of allylic oxidation sites excluding steroid dienone is 1. The van der Waals surface area contributed by atoms with Crippen molar-refractivity contribution in [2.75, 3.05) is 42.8 Å². The van der Waals surface area contributed by atoms with Crippen LogP contribution in [0.5, 0.6) is 5.75 Å². The molecule has 6 rings (SSSR count). The van der Waals surface area contributed by atoms with E-state index >= 15 is 0 Å².